The van der Waals surface area contributed by atoms with Crippen LogP contribution < -0.4 is 0 Å². The quantitative estimate of drug-likeness (QED) is 0.185. The van der Waals surface area contributed by atoms with E-state index < -0.39 is 0 Å². The highest BCUT2D eigenvalue weighted by molar-refractivity contribution is 7.26. The zero-order chi connectivity index (χ0) is 33.0. The second-order valence-electron chi connectivity index (χ2n) is 12.5. The molecule has 3 heterocycles. The Balaban J connectivity index is 1.25. The third kappa shape index (κ3) is 4.71. The number of nitrogens with zero attached hydrogens (tertiary/aromatic N) is 4. The van der Waals surface area contributed by atoms with Crippen LogP contribution >= 0.6 is 11.3 Å². The van der Waals surface area contributed by atoms with Crippen molar-refractivity contribution in [3.63, 3.8) is 0 Å². The zero-order valence-electron chi connectivity index (χ0n) is 26.9. The van der Waals surface area contributed by atoms with E-state index in [0.29, 0.717) is 17.5 Å². The Morgan fingerprint density at radius 3 is 1.68 bits per heavy atom. The fourth-order valence-electron chi connectivity index (χ4n) is 7.09. The Labute approximate surface area is 292 Å². The summed E-state index contributed by atoms with van der Waals surface area (Å²) in [7, 11) is 0. The third-order valence-electron chi connectivity index (χ3n) is 9.44. The van der Waals surface area contributed by atoms with Crippen molar-refractivity contribution in [3.05, 3.63) is 170 Å². The Morgan fingerprint density at radius 2 is 0.960 bits per heavy atom. The molecule has 0 radical (unpaired) electrons. The molecule has 0 aliphatic heterocycles. The number of benzene rings is 7. The van der Waals surface area contributed by atoms with Crippen LogP contribution in [0.5, 0.6) is 0 Å². The highest BCUT2D eigenvalue weighted by Crippen LogP contribution is 2.43. The molecule has 0 fully saturated rings. The van der Waals surface area contributed by atoms with Gasteiger partial charge >= 0.3 is 0 Å². The number of hydrogen-bond donors (Lipinski definition) is 0. The van der Waals surface area contributed by atoms with Crippen LogP contribution in [-0.2, 0) is 0 Å². The fraction of sp³-hybridized carbons (Fsp3) is 0. The first-order chi connectivity index (χ1) is 24.8. The minimum Gasteiger partial charge on any atom is -0.309 e. The van der Waals surface area contributed by atoms with Gasteiger partial charge < -0.3 is 4.57 Å². The molecule has 3 aromatic heterocycles. The molecule has 50 heavy (non-hydrogen) atoms. The van der Waals surface area contributed by atoms with Gasteiger partial charge in [0.2, 0.25) is 0 Å². The van der Waals surface area contributed by atoms with E-state index in [1.807, 2.05) is 36.4 Å². The second kappa shape index (κ2) is 11.6. The molecule has 234 valence electrons. The van der Waals surface area contributed by atoms with Gasteiger partial charge in [0.15, 0.2) is 17.5 Å². The number of para-hydroxylation sites is 2. The van der Waals surface area contributed by atoms with Crippen molar-refractivity contribution in [2.45, 2.75) is 0 Å². The largest absolute Gasteiger partial charge is 0.309 e. The van der Waals surface area contributed by atoms with E-state index >= 15 is 0 Å². The lowest BCUT2D eigenvalue weighted by Crippen LogP contribution is -2.00. The van der Waals surface area contributed by atoms with Gasteiger partial charge in [-0.15, -0.1) is 11.3 Å². The lowest BCUT2D eigenvalue weighted by Gasteiger charge is -2.12. The molecule has 0 bridgehead atoms. The summed E-state index contributed by atoms with van der Waals surface area (Å²) in [6, 6.07) is 59.7. The van der Waals surface area contributed by atoms with E-state index in [4.69, 9.17) is 15.0 Å². The topological polar surface area (TPSA) is 43.6 Å². The van der Waals surface area contributed by atoms with Gasteiger partial charge in [-0.05, 0) is 53.6 Å². The molecule has 0 N–H and O–H groups in total. The van der Waals surface area contributed by atoms with Crippen molar-refractivity contribution in [1.82, 2.24) is 19.5 Å². The number of fused-ring (bicyclic) bond motifs is 6. The first-order valence-electron chi connectivity index (χ1n) is 16.7. The number of aromatic nitrogens is 4. The van der Waals surface area contributed by atoms with Gasteiger partial charge in [0.05, 0.1) is 11.0 Å². The average molecular weight is 657 g/mol. The van der Waals surface area contributed by atoms with Gasteiger partial charge in [-0.1, -0.05) is 127 Å². The number of hydrogen-bond acceptors (Lipinski definition) is 4. The van der Waals surface area contributed by atoms with E-state index in [2.05, 4.69) is 138 Å². The van der Waals surface area contributed by atoms with E-state index in [-0.39, 0.29) is 0 Å². The summed E-state index contributed by atoms with van der Waals surface area (Å²) in [5.74, 6) is 1.97. The van der Waals surface area contributed by atoms with Crippen molar-refractivity contribution in [1.29, 1.82) is 0 Å². The lowest BCUT2D eigenvalue weighted by atomic mass is 9.98. The summed E-state index contributed by atoms with van der Waals surface area (Å²) in [5.41, 5.74) is 8.67. The maximum absolute atomic E-state index is 5.17. The summed E-state index contributed by atoms with van der Waals surface area (Å²) in [6.45, 7) is 0. The highest BCUT2D eigenvalue weighted by Gasteiger charge is 2.19. The van der Waals surface area contributed by atoms with Gasteiger partial charge in [0.25, 0.3) is 0 Å². The van der Waals surface area contributed by atoms with E-state index in [1.54, 1.807) is 11.3 Å². The third-order valence-corrected chi connectivity index (χ3v) is 10.7. The molecule has 0 saturated carbocycles. The van der Waals surface area contributed by atoms with Crippen LogP contribution in [0.1, 0.15) is 0 Å². The Kier molecular flexibility index (Phi) is 6.64. The Bertz CT molecular complexity index is 2800. The zero-order valence-corrected chi connectivity index (χ0v) is 27.7. The molecule has 0 atom stereocenters. The Morgan fingerprint density at radius 1 is 0.380 bits per heavy atom. The van der Waals surface area contributed by atoms with Crippen molar-refractivity contribution < 1.29 is 0 Å². The molecule has 0 amide bonds. The number of thiophene rings is 1. The van der Waals surface area contributed by atoms with Crippen LogP contribution in [0, 0.1) is 0 Å². The standard InChI is InChI=1S/C45H28N4S/c1-4-14-29(15-5-1)43-46-44(30-16-6-2-7-17-30)48-45(47-43)38-27-32(26-37-36-21-11-13-23-41(36)50-42(37)38)31-24-25-35-34-20-10-12-22-39(34)49(40(35)28-31)33-18-8-3-9-19-33/h1-28H. The van der Waals surface area contributed by atoms with Gasteiger partial charge in [-0.3, -0.25) is 0 Å². The van der Waals surface area contributed by atoms with Crippen LogP contribution in [0.3, 0.4) is 0 Å². The first-order valence-corrected chi connectivity index (χ1v) is 17.5. The van der Waals surface area contributed by atoms with E-state index in [9.17, 15) is 0 Å². The van der Waals surface area contributed by atoms with Crippen LogP contribution in [0.25, 0.3) is 93.0 Å². The molecular formula is C45H28N4S. The minimum atomic E-state index is 0.655. The van der Waals surface area contributed by atoms with Gasteiger partial charge in [0.1, 0.15) is 0 Å². The maximum atomic E-state index is 5.17. The molecule has 0 aliphatic rings. The lowest BCUT2D eigenvalue weighted by molar-refractivity contribution is 1.08. The summed E-state index contributed by atoms with van der Waals surface area (Å²) in [6.07, 6.45) is 0. The Hall–Kier alpha value is -6.43. The van der Waals surface area contributed by atoms with E-state index in [1.165, 1.54) is 42.0 Å². The molecule has 10 rings (SSSR count). The summed E-state index contributed by atoms with van der Waals surface area (Å²) in [5, 5.41) is 4.90. The molecule has 0 unspecified atom stereocenters. The van der Waals surface area contributed by atoms with Crippen LogP contribution in [0.15, 0.2) is 170 Å². The van der Waals surface area contributed by atoms with E-state index in [0.717, 1.165) is 33.5 Å². The van der Waals surface area contributed by atoms with Crippen molar-refractivity contribution in [2.75, 3.05) is 0 Å². The van der Waals surface area contributed by atoms with Crippen molar-refractivity contribution in [3.8, 4) is 51.0 Å². The maximum Gasteiger partial charge on any atom is 0.165 e. The van der Waals surface area contributed by atoms with Gasteiger partial charge in [-0.2, -0.15) is 0 Å². The summed E-state index contributed by atoms with van der Waals surface area (Å²) >= 11 is 1.79. The van der Waals surface area contributed by atoms with Crippen LogP contribution in [0.2, 0.25) is 0 Å². The van der Waals surface area contributed by atoms with Crippen LogP contribution in [0.4, 0.5) is 0 Å². The summed E-state index contributed by atoms with van der Waals surface area (Å²) < 4.78 is 4.78. The molecule has 0 aliphatic carbocycles. The van der Waals surface area contributed by atoms with Gasteiger partial charge in [0, 0.05) is 53.3 Å². The molecule has 5 heteroatoms. The normalized spacial score (nSPS) is 11.6. The predicted octanol–water partition coefficient (Wildman–Crippen LogP) is 12.0. The monoisotopic (exact) mass is 656 g/mol. The molecule has 7 aromatic carbocycles. The molecule has 0 saturated heterocycles. The SMILES string of the molecule is c1ccc(-c2nc(-c3ccccc3)nc(-c3cc(-c4ccc5c6ccccc6n(-c6ccccc6)c5c4)cc4c3sc3ccccc34)n2)cc1. The summed E-state index contributed by atoms with van der Waals surface area (Å²) in [4.78, 5) is 15.3. The smallest absolute Gasteiger partial charge is 0.165 e. The molecule has 0 spiro atoms. The van der Waals surface area contributed by atoms with Crippen LogP contribution in [-0.4, -0.2) is 19.5 Å². The predicted molar refractivity (Wildman–Crippen MR) is 209 cm³/mol. The average Bonchev–Trinajstić information content (AvgIpc) is 3.74. The van der Waals surface area contributed by atoms with Crippen molar-refractivity contribution >= 4 is 53.3 Å². The minimum absolute atomic E-state index is 0.655. The number of rotatable bonds is 5. The van der Waals surface area contributed by atoms with Crippen molar-refractivity contribution in [2.24, 2.45) is 0 Å². The molecule has 4 nitrogen and oxygen atoms in total. The second-order valence-corrected chi connectivity index (χ2v) is 13.5. The highest BCUT2D eigenvalue weighted by atomic mass is 32.1. The van der Waals surface area contributed by atoms with Gasteiger partial charge in [-0.25, -0.2) is 15.0 Å². The first kappa shape index (κ1) is 28.6. The molecular weight excluding hydrogens is 629 g/mol. The fourth-order valence-corrected chi connectivity index (χ4v) is 8.29. The molecule has 10 aromatic rings.